The number of carbonyl (C=O) groups is 1. The summed E-state index contributed by atoms with van der Waals surface area (Å²) < 4.78 is 15.7. The predicted molar refractivity (Wildman–Crippen MR) is 86.8 cm³/mol. The summed E-state index contributed by atoms with van der Waals surface area (Å²) in [5.41, 5.74) is 0.735. The van der Waals surface area contributed by atoms with Crippen molar-refractivity contribution in [2.24, 2.45) is 0 Å². The predicted octanol–water partition coefficient (Wildman–Crippen LogP) is 3.19. The van der Waals surface area contributed by atoms with Crippen LogP contribution in [-0.4, -0.2) is 19.2 Å². The van der Waals surface area contributed by atoms with Gasteiger partial charge in [0.05, 0.1) is 12.5 Å². The van der Waals surface area contributed by atoms with Gasteiger partial charge in [0.1, 0.15) is 11.3 Å². The molecule has 1 aromatic heterocycles. The Morgan fingerprint density at radius 1 is 1.09 bits per heavy atom. The molecule has 3 rings (SSSR count). The monoisotopic (exact) mass is 312 g/mol. The second-order valence-corrected chi connectivity index (χ2v) is 5.28. The molecule has 118 valence electrons. The molecule has 0 saturated carbocycles. The fraction of sp³-hybridized carbons (Fsp3) is 0.222. The molecule has 5 heteroatoms. The summed E-state index contributed by atoms with van der Waals surface area (Å²) in [4.78, 5) is 23.7. The van der Waals surface area contributed by atoms with Crippen molar-refractivity contribution in [2.75, 3.05) is 7.11 Å². The lowest BCUT2D eigenvalue weighted by molar-refractivity contribution is -0.147. The normalized spacial score (nSPS) is 12.3. The Morgan fingerprint density at radius 2 is 1.78 bits per heavy atom. The smallest absolute Gasteiger partial charge is 0.346 e. The maximum absolute atomic E-state index is 12.2. The molecule has 0 aliphatic carbocycles. The van der Waals surface area contributed by atoms with Crippen LogP contribution in [0, 0.1) is 6.92 Å². The Kier molecular flexibility index (Phi) is 3.78. The molecule has 0 bridgehead atoms. The number of methoxy groups -OCH3 is 1. The standard InChI is InChI=1S/C18H16O5/c1-10-15(22-11(2)17(19)21-3)9-8-13-12-6-4-5-7-14(12)18(20)23-16(10)13/h4-9,11H,1-3H3/t11-/m0/s1. The zero-order chi connectivity index (χ0) is 16.6. The van der Waals surface area contributed by atoms with Crippen molar-refractivity contribution >= 4 is 27.7 Å². The Morgan fingerprint density at radius 3 is 2.48 bits per heavy atom. The summed E-state index contributed by atoms with van der Waals surface area (Å²) >= 11 is 0. The van der Waals surface area contributed by atoms with Gasteiger partial charge < -0.3 is 13.9 Å². The van der Waals surface area contributed by atoms with Crippen LogP contribution >= 0.6 is 0 Å². The number of hydrogen-bond acceptors (Lipinski definition) is 5. The van der Waals surface area contributed by atoms with E-state index in [-0.39, 0.29) is 0 Å². The lowest BCUT2D eigenvalue weighted by Crippen LogP contribution is -2.25. The molecule has 0 amide bonds. The van der Waals surface area contributed by atoms with Crippen molar-refractivity contribution in [2.45, 2.75) is 20.0 Å². The number of rotatable bonds is 3. The van der Waals surface area contributed by atoms with E-state index in [4.69, 9.17) is 9.15 Å². The van der Waals surface area contributed by atoms with Gasteiger partial charge in [0.15, 0.2) is 6.10 Å². The highest BCUT2D eigenvalue weighted by Gasteiger charge is 2.18. The first-order chi connectivity index (χ1) is 11.0. The summed E-state index contributed by atoms with van der Waals surface area (Å²) in [5, 5.41) is 2.20. The zero-order valence-electron chi connectivity index (χ0n) is 13.1. The summed E-state index contributed by atoms with van der Waals surface area (Å²) in [5.74, 6) is 0.0123. The van der Waals surface area contributed by atoms with Gasteiger partial charge in [0, 0.05) is 10.9 Å². The van der Waals surface area contributed by atoms with Gasteiger partial charge in [-0.05, 0) is 37.4 Å². The highest BCUT2D eigenvalue weighted by molar-refractivity contribution is 6.05. The Labute approximate surface area is 132 Å². The maximum Gasteiger partial charge on any atom is 0.346 e. The quantitative estimate of drug-likeness (QED) is 0.422. The number of ether oxygens (including phenoxy) is 2. The second kappa shape index (κ2) is 5.76. The van der Waals surface area contributed by atoms with Crippen LogP contribution in [0.25, 0.3) is 21.7 Å². The van der Waals surface area contributed by atoms with Crippen molar-refractivity contribution in [1.29, 1.82) is 0 Å². The molecule has 0 N–H and O–H groups in total. The molecule has 23 heavy (non-hydrogen) atoms. The van der Waals surface area contributed by atoms with E-state index in [1.807, 2.05) is 18.2 Å². The largest absolute Gasteiger partial charge is 0.479 e. The highest BCUT2D eigenvalue weighted by atomic mass is 16.6. The van der Waals surface area contributed by atoms with Crippen LogP contribution in [0.2, 0.25) is 0 Å². The van der Waals surface area contributed by atoms with E-state index in [0.717, 1.165) is 10.8 Å². The summed E-state index contributed by atoms with van der Waals surface area (Å²) in [6.07, 6.45) is -0.747. The minimum Gasteiger partial charge on any atom is -0.479 e. The number of esters is 1. The number of aryl methyl sites for hydroxylation is 1. The third-order valence-electron chi connectivity index (χ3n) is 3.82. The molecule has 1 atom stereocenters. The summed E-state index contributed by atoms with van der Waals surface area (Å²) in [6.45, 7) is 3.39. The van der Waals surface area contributed by atoms with E-state index >= 15 is 0 Å². The molecular formula is C18H16O5. The molecule has 2 aromatic carbocycles. The van der Waals surface area contributed by atoms with E-state index in [1.165, 1.54) is 7.11 Å². The molecule has 0 aliphatic rings. The summed E-state index contributed by atoms with van der Waals surface area (Å²) in [6, 6.07) is 10.9. The first kappa shape index (κ1) is 15.1. The Balaban J connectivity index is 2.18. The van der Waals surface area contributed by atoms with Crippen molar-refractivity contribution in [1.82, 2.24) is 0 Å². The van der Waals surface area contributed by atoms with Crippen LogP contribution in [0.3, 0.4) is 0 Å². The lowest BCUT2D eigenvalue weighted by atomic mass is 10.0. The molecule has 0 aliphatic heterocycles. The lowest BCUT2D eigenvalue weighted by Gasteiger charge is -2.15. The highest BCUT2D eigenvalue weighted by Crippen LogP contribution is 2.31. The zero-order valence-corrected chi connectivity index (χ0v) is 13.1. The van der Waals surface area contributed by atoms with Crippen molar-refractivity contribution < 1.29 is 18.7 Å². The first-order valence-corrected chi connectivity index (χ1v) is 7.22. The van der Waals surface area contributed by atoms with Crippen LogP contribution < -0.4 is 10.4 Å². The topological polar surface area (TPSA) is 65.7 Å². The van der Waals surface area contributed by atoms with Gasteiger partial charge in [0.25, 0.3) is 0 Å². The second-order valence-electron chi connectivity index (χ2n) is 5.28. The maximum atomic E-state index is 12.2. The van der Waals surface area contributed by atoms with Crippen molar-refractivity contribution in [3.8, 4) is 5.75 Å². The van der Waals surface area contributed by atoms with Gasteiger partial charge in [0.2, 0.25) is 0 Å². The Bertz CT molecular complexity index is 955. The van der Waals surface area contributed by atoms with Crippen LogP contribution in [-0.2, 0) is 9.53 Å². The van der Waals surface area contributed by atoms with Crippen LogP contribution in [0.1, 0.15) is 12.5 Å². The Hall–Kier alpha value is -2.82. The van der Waals surface area contributed by atoms with E-state index in [0.29, 0.717) is 22.3 Å². The fourth-order valence-electron chi connectivity index (χ4n) is 2.59. The average Bonchev–Trinajstić information content (AvgIpc) is 2.57. The van der Waals surface area contributed by atoms with Gasteiger partial charge in [-0.15, -0.1) is 0 Å². The van der Waals surface area contributed by atoms with E-state index in [9.17, 15) is 9.59 Å². The van der Waals surface area contributed by atoms with Gasteiger partial charge in [-0.2, -0.15) is 0 Å². The van der Waals surface area contributed by atoms with E-state index in [1.54, 1.807) is 32.0 Å². The molecule has 1 heterocycles. The minimum absolute atomic E-state index is 0.394. The fourth-order valence-corrected chi connectivity index (χ4v) is 2.59. The third-order valence-corrected chi connectivity index (χ3v) is 3.82. The van der Waals surface area contributed by atoms with Crippen LogP contribution in [0.4, 0.5) is 0 Å². The van der Waals surface area contributed by atoms with Gasteiger partial charge in [-0.1, -0.05) is 18.2 Å². The van der Waals surface area contributed by atoms with Crippen LogP contribution in [0.5, 0.6) is 5.75 Å². The number of benzene rings is 2. The molecule has 0 radical (unpaired) electrons. The van der Waals surface area contributed by atoms with E-state index < -0.39 is 17.7 Å². The molecule has 5 nitrogen and oxygen atoms in total. The molecule has 0 fully saturated rings. The molecule has 0 saturated heterocycles. The van der Waals surface area contributed by atoms with Crippen molar-refractivity contribution in [3.05, 3.63) is 52.4 Å². The molecule has 0 unspecified atom stereocenters. The minimum atomic E-state index is -0.747. The number of fused-ring (bicyclic) bond motifs is 3. The molecule has 0 spiro atoms. The van der Waals surface area contributed by atoms with Gasteiger partial charge in [-0.25, -0.2) is 9.59 Å². The summed E-state index contributed by atoms with van der Waals surface area (Å²) in [7, 11) is 1.31. The number of hydrogen-bond donors (Lipinski definition) is 0. The van der Waals surface area contributed by atoms with E-state index in [2.05, 4.69) is 4.74 Å². The van der Waals surface area contributed by atoms with Crippen molar-refractivity contribution in [3.63, 3.8) is 0 Å². The third kappa shape index (κ3) is 2.54. The number of carbonyl (C=O) groups excluding carboxylic acids is 1. The van der Waals surface area contributed by atoms with Gasteiger partial charge >= 0.3 is 11.6 Å². The SMILES string of the molecule is COC(=O)[C@H](C)Oc1ccc2c(oc(=O)c3ccccc32)c1C. The molecular weight excluding hydrogens is 296 g/mol. The average molecular weight is 312 g/mol. The molecule has 3 aromatic rings. The van der Waals surface area contributed by atoms with Gasteiger partial charge in [-0.3, -0.25) is 0 Å². The first-order valence-electron chi connectivity index (χ1n) is 7.22. The van der Waals surface area contributed by atoms with Crippen LogP contribution in [0.15, 0.2) is 45.6 Å².